The summed E-state index contributed by atoms with van der Waals surface area (Å²) in [6, 6.07) is 11.7. The zero-order valence-electron chi connectivity index (χ0n) is 11.8. The third-order valence-corrected chi connectivity index (χ3v) is 3.24. The average molecular weight is 271 g/mol. The van der Waals surface area contributed by atoms with Gasteiger partial charge < -0.3 is 15.6 Å². The Bertz CT molecular complexity index is 557. The smallest absolute Gasteiger partial charge is 0.268 e. The highest BCUT2D eigenvalue weighted by atomic mass is 16.1. The number of aromatic nitrogens is 1. The van der Waals surface area contributed by atoms with E-state index in [0.29, 0.717) is 18.8 Å². The van der Waals surface area contributed by atoms with E-state index in [1.807, 2.05) is 47.2 Å². The summed E-state index contributed by atoms with van der Waals surface area (Å²) in [5.74, 6) is -0.0358. The lowest BCUT2D eigenvalue weighted by atomic mass is 10.1. The van der Waals surface area contributed by atoms with Crippen LogP contribution in [0.4, 0.5) is 0 Å². The molecule has 0 atom stereocenters. The molecule has 1 aromatic heterocycles. The van der Waals surface area contributed by atoms with Crippen LogP contribution in [0.25, 0.3) is 0 Å². The second-order valence-electron chi connectivity index (χ2n) is 4.79. The second-order valence-corrected chi connectivity index (χ2v) is 4.79. The van der Waals surface area contributed by atoms with Gasteiger partial charge in [-0.15, -0.1) is 0 Å². The average Bonchev–Trinajstić information content (AvgIpc) is 2.94. The van der Waals surface area contributed by atoms with Gasteiger partial charge in [0, 0.05) is 25.8 Å². The van der Waals surface area contributed by atoms with Crippen molar-refractivity contribution in [3.05, 3.63) is 59.4 Å². The Hall–Kier alpha value is -2.07. The molecule has 2 rings (SSSR count). The number of carbonyl (C=O) groups is 1. The summed E-state index contributed by atoms with van der Waals surface area (Å²) in [7, 11) is 0. The molecule has 0 bridgehead atoms. The Balaban J connectivity index is 1.95. The van der Waals surface area contributed by atoms with Crippen LogP contribution in [-0.2, 0) is 19.6 Å². The zero-order chi connectivity index (χ0) is 14.4. The molecule has 0 fully saturated rings. The van der Waals surface area contributed by atoms with Crippen LogP contribution in [0.5, 0.6) is 0 Å². The lowest BCUT2D eigenvalue weighted by molar-refractivity contribution is 0.0941. The first kappa shape index (κ1) is 14.3. The van der Waals surface area contributed by atoms with Crippen molar-refractivity contribution >= 4 is 5.91 Å². The standard InChI is InChI=1S/C16H21N3O/c1-2-9-19-10-3-4-15(19)16(20)18-12-14-7-5-13(11-17)6-8-14/h3-8,10H,2,9,11-12,17H2,1H3,(H,18,20). The molecular weight excluding hydrogens is 250 g/mol. The number of amides is 1. The Kier molecular flexibility index (Phi) is 4.96. The Morgan fingerprint density at radius 3 is 2.55 bits per heavy atom. The summed E-state index contributed by atoms with van der Waals surface area (Å²) >= 11 is 0. The lowest BCUT2D eigenvalue weighted by Crippen LogP contribution is -2.25. The first-order valence-electron chi connectivity index (χ1n) is 6.95. The van der Waals surface area contributed by atoms with E-state index in [9.17, 15) is 4.79 Å². The van der Waals surface area contributed by atoms with Crippen LogP contribution < -0.4 is 11.1 Å². The van der Waals surface area contributed by atoms with Crippen molar-refractivity contribution in [2.24, 2.45) is 5.73 Å². The minimum atomic E-state index is -0.0358. The van der Waals surface area contributed by atoms with Gasteiger partial charge in [0.1, 0.15) is 5.69 Å². The van der Waals surface area contributed by atoms with Gasteiger partial charge in [-0.2, -0.15) is 0 Å². The normalized spacial score (nSPS) is 10.5. The molecule has 20 heavy (non-hydrogen) atoms. The fraction of sp³-hybridized carbons (Fsp3) is 0.312. The molecule has 0 aliphatic rings. The minimum Gasteiger partial charge on any atom is -0.347 e. The number of nitrogens with two attached hydrogens (primary N) is 1. The van der Waals surface area contributed by atoms with Gasteiger partial charge in [-0.1, -0.05) is 31.2 Å². The summed E-state index contributed by atoms with van der Waals surface area (Å²) in [5, 5.41) is 2.95. The summed E-state index contributed by atoms with van der Waals surface area (Å²) in [6.45, 7) is 4.03. The van der Waals surface area contributed by atoms with Crippen molar-refractivity contribution in [2.45, 2.75) is 33.0 Å². The summed E-state index contributed by atoms with van der Waals surface area (Å²) < 4.78 is 1.98. The molecule has 1 heterocycles. The van der Waals surface area contributed by atoms with E-state index in [1.54, 1.807) is 0 Å². The van der Waals surface area contributed by atoms with Crippen molar-refractivity contribution in [3.63, 3.8) is 0 Å². The van der Waals surface area contributed by atoms with E-state index in [4.69, 9.17) is 5.73 Å². The maximum Gasteiger partial charge on any atom is 0.268 e. The highest BCUT2D eigenvalue weighted by Gasteiger charge is 2.09. The van der Waals surface area contributed by atoms with Crippen LogP contribution in [-0.4, -0.2) is 10.5 Å². The van der Waals surface area contributed by atoms with Crippen molar-refractivity contribution in [2.75, 3.05) is 0 Å². The maximum absolute atomic E-state index is 12.1. The molecule has 3 N–H and O–H groups in total. The number of nitrogens with one attached hydrogen (secondary N) is 1. The van der Waals surface area contributed by atoms with Crippen LogP contribution >= 0.6 is 0 Å². The Labute approximate surface area is 119 Å². The van der Waals surface area contributed by atoms with Crippen LogP contribution in [0.15, 0.2) is 42.6 Å². The number of hydrogen-bond donors (Lipinski definition) is 2. The van der Waals surface area contributed by atoms with Crippen LogP contribution in [0.2, 0.25) is 0 Å². The van der Waals surface area contributed by atoms with Gasteiger partial charge in [0.05, 0.1) is 0 Å². The molecule has 0 aliphatic carbocycles. The van der Waals surface area contributed by atoms with Gasteiger partial charge in [-0.05, 0) is 29.7 Å². The first-order chi connectivity index (χ1) is 9.74. The quantitative estimate of drug-likeness (QED) is 0.847. The molecule has 0 saturated carbocycles. The molecular formula is C16H21N3O. The van der Waals surface area contributed by atoms with E-state index >= 15 is 0 Å². The molecule has 4 nitrogen and oxygen atoms in total. The Morgan fingerprint density at radius 2 is 1.90 bits per heavy atom. The van der Waals surface area contributed by atoms with E-state index < -0.39 is 0 Å². The van der Waals surface area contributed by atoms with Crippen LogP contribution in [0, 0.1) is 0 Å². The number of benzene rings is 1. The highest BCUT2D eigenvalue weighted by molar-refractivity contribution is 5.92. The number of nitrogens with zero attached hydrogens (tertiary/aromatic N) is 1. The molecule has 1 amide bonds. The van der Waals surface area contributed by atoms with Crippen LogP contribution in [0.1, 0.15) is 35.0 Å². The number of hydrogen-bond acceptors (Lipinski definition) is 2. The molecule has 0 unspecified atom stereocenters. The first-order valence-corrected chi connectivity index (χ1v) is 6.95. The Morgan fingerprint density at radius 1 is 1.20 bits per heavy atom. The van der Waals surface area contributed by atoms with Crippen molar-refractivity contribution in [1.82, 2.24) is 9.88 Å². The third-order valence-electron chi connectivity index (χ3n) is 3.24. The van der Waals surface area contributed by atoms with Gasteiger partial charge in [-0.3, -0.25) is 4.79 Å². The van der Waals surface area contributed by atoms with Gasteiger partial charge in [0.2, 0.25) is 0 Å². The lowest BCUT2D eigenvalue weighted by Gasteiger charge is -2.09. The topological polar surface area (TPSA) is 60.0 Å². The molecule has 0 saturated heterocycles. The highest BCUT2D eigenvalue weighted by Crippen LogP contribution is 2.06. The number of rotatable bonds is 6. The molecule has 0 spiro atoms. The van der Waals surface area contributed by atoms with Crippen molar-refractivity contribution in [1.29, 1.82) is 0 Å². The van der Waals surface area contributed by atoms with Crippen molar-refractivity contribution in [3.8, 4) is 0 Å². The molecule has 1 aromatic carbocycles. The fourth-order valence-corrected chi connectivity index (χ4v) is 2.12. The van der Waals surface area contributed by atoms with E-state index in [-0.39, 0.29) is 5.91 Å². The second kappa shape index (κ2) is 6.91. The monoisotopic (exact) mass is 271 g/mol. The minimum absolute atomic E-state index is 0.0358. The SMILES string of the molecule is CCCn1cccc1C(=O)NCc1ccc(CN)cc1. The van der Waals surface area contributed by atoms with Gasteiger partial charge in [-0.25, -0.2) is 0 Å². The van der Waals surface area contributed by atoms with Gasteiger partial charge >= 0.3 is 0 Å². The predicted octanol–water partition coefficient (Wildman–Crippen LogP) is 2.29. The number of carbonyl (C=O) groups excluding carboxylic acids is 1. The fourth-order valence-electron chi connectivity index (χ4n) is 2.12. The summed E-state index contributed by atoms with van der Waals surface area (Å²) in [5.41, 5.74) is 8.44. The predicted molar refractivity (Wildman–Crippen MR) is 80.2 cm³/mol. The maximum atomic E-state index is 12.1. The van der Waals surface area contributed by atoms with Crippen LogP contribution in [0.3, 0.4) is 0 Å². The summed E-state index contributed by atoms with van der Waals surface area (Å²) in [6.07, 6.45) is 2.95. The zero-order valence-corrected chi connectivity index (χ0v) is 11.8. The molecule has 0 radical (unpaired) electrons. The molecule has 2 aromatic rings. The van der Waals surface area contributed by atoms with Crippen molar-refractivity contribution < 1.29 is 4.79 Å². The molecule has 4 heteroatoms. The molecule has 0 aliphatic heterocycles. The number of aryl methyl sites for hydroxylation is 1. The molecule has 106 valence electrons. The van der Waals surface area contributed by atoms with Gasteiger partial charge in [0.25, 0.3) is 5.91 Å². The summed E-state index contributed by atoms with van der Waals surface area (Å²) in [4.78, 5) is 12.1. The van der Waals surface area contributed by atoms with Gasteiger partial charge in [0.15, 0.2) is 0 Å². The van der Waals surface area contributed by atoms with E-state index in [0.717, 1.165) is 24.1 Å². The van der Waals surface area contributed by atoms with E-state index in [1.165, 1.54) is 0 Å². The largest absolute Gasteiger partial charge is 0.347 e. The van der Waals surface area contributed by atoms with E-state index in [2.05, 4.69) is 12.2 Å². The third kappa shape index (κ3) is 3.48.